The largest absolute Gasteiger partial charge is 0.378 e. The molecule has 8 heteroatoms. The highest BCUT2D eigenvalue weighted by atomic mass is 19.1. The Balaban J connectivity index is 1.32. The lowest BCUT2D eigenvalue weighted by molar-refractivity contribution is -0.134. The van der Waals surface area contributed by atoms with Gasteiger partial charge in [0, 0.05) is 30.8 Å². The number of amides is 1. The van der Waals surface area contributed by atoms with Gasteiger partial charge in [-0.15, -0.1) is 5.10 Å². The van der Waals surface area contributed by atoms with E-state index in [2.05, 4.69) is 10.1 Å². The highest BCUT2D eigenvalue weighted by molar-refractivity contribution is 5.77. The van der Waals surface area contributed by atoms with Crippen LogP contribution in [0.15, 0.2) is 48.5 Å². The number of piperidine rings is 1. The van der Waals surface area contributed by atoms with Gasteiger partial charge in [-0.25, -0.2) is 18.4 Å². The molecule has 2 aliphatic rings. The van der Waals surface area contributed by atoms with Crippen molar-refractivity contribution < 1.29 is 18.3 Å². The molecule has 1 aromatic heterocycles. The van der Waals surface area contributed by atoms with Crippen LogP contribution in [0.4, 0.5) is 8.78 Å². The minimum Gasteiger partial charge on any atom is -0.378 e. The molecule has 1 saturated heterocycles. The molecule has 1 aliphatic heterocycles. The first-order valence-corrected chi connectivity index (χ1v) is 11.4. The van der Waals surface area contributed by atoms with Crippen LogP contribution in [0.5, 0.6) is 0 Å². The second-order valence-electron chi connectivity index (χ2n) is 8.79. The van der Waals surface area contributed by atoms with Gasteiger partial charge in [-0.2, -0.15) is 0 Å². The molecule has 1 amide bonds. The van der Waals surface area contributed by atoms with Crippen LogP contribution in [0, 0.1) is 17.6 Å². The number of hydrogen-bond donors (Lipinski definition) is 0. The van der Waals surface area contributed by atoms with E-state index in [1.54, 1.807) is 28.9 Å². The third-order valence-electron chi connectivity index (χ3n) is 6.22. The molecule has 0 radical (unpaired) electrons. The van der Waals surface area contributed by atoms with Gasteiger partial charge in [0.2, 0.25) is 5.91 Å². The molecule has 0 atom stereocenters. The number of carbonyl (C=O) groups is 1. The van der Waals surface area contributed by atoms with E-state index in [-0.39, 0.29) is 30.2 Å². The van der Waals surface area contributed by atoms with Crippen molar-refractivity contribution in [3.05, 3.63) is 60.2 Å². The van der Waals surface area contributed by atoms with Crippen molar-refractivity contribution in [2.75, 3.05) is 19.7 Å². The maximum absolute atomic E-state index is 13.4. The summed E-state index contributed by atoms with van der Waals surface area (Å²) in [6.07, 6.45) is 4.43. The van der Waals surface area contributed by atoms with E-state index in [9.17, 15) is 13.6 Å². The van der Waals surface area contributed by atoms with Gasteiger partial charge in [-0.3, -0.25) is 4.79 Å². The lowest BCUT2D eigenvalue weighted by Crippen LogP contribution is -2.42. The van der Waals surface area contributed by atoms with Crippen molar-refractivity contribution >= 4 is 5.91 Å². The lowest BCUT2D eigenvalue weighted by atomic mass is 10.1. The standard InChI is InChI=1S/C25H26F2N4O2/c26-20-7-3-18(4-8-20)24-28-25(19-5-9-21(27)10-6-19)31(29-24)15-23(32)30-13-11-22(12-14-30)33-16-17-1-2-17/h3-10,17,22H,1-2,11-16H2. The monoisotopic (exact) mass is 452 g/mol. The number of aromatic nitrogens is 3. The van der Waals surface area contributed by atoms with Crippen LogP contribution in [-0.2, 0) is 16.1 Å². The summed E-state index contributed by atoms with van der Waals surface area (Å²) in [5.74, 6) is 0.828. The van der Waals surface area contributed by atoms with Gasteiger partial charge in [0.15, 0.2) is 11.6 Å². The van der Waals surface area contributed by atoms with Crippen molar-refractivity contribution in [2.45, 2.75) is 38.3 Å². The molecule has 3 aromatic rings. The van der Waals surface area contributed by atoms with Gasteiger partial charge in [0.1, 0.15) is 18.2 Å². The average Bonchev–Trinajstić information content (AvgIpc) is 3.58. The molecule has 2 fully saturated rings. The van der Waals surface area contributed by atoms with E-state index in [1.165, 1.54) is 37.1 Å². The molecule has 2 aromatic carbocycles. The summed E-state index contributed by atoms with van der Waals surface area (Å²) in [4.78, 5) is 19.5. The van der Waals surface area contributed by atoms with Crippen LogP contribution >= 0.6 is 0 Å². The molecule has 0 unspecified atom stereocenters. The van der Waals surface area contributed by atoms with Crippen LogP contribution in [0.2, 0.25) is 0 Å². The number of carbonyl (C=O) groups excluding carboxylic acids is 1. The van der Waals surface area contributed by atoms with Gasteiger partial charge < -0.3 is 9.64 Å². The molecule has 2 heterocycles. The fourth-order valence-corrected chi connectivity index (χ4v) is 4.04. The summed E-state index contributed by atoms with van der Waals surface area (Å²) < 4.78 is 34.3. The Kier molecular flexibility index (Phi) is 6.17. The summed E-state index contributed by atoms with van der Waals surface area (Å²) in [5, 5.41) is 4.53. The molecule has 6 nitrogen and oxygen atoms in total. The van der Waals surface area contributed by atoms with E-state index in [1.807, 2.05) is 4.90 Å². The van der Waals surface area contributed by atoms with Crippen molar-refractivity contribution in [3.63, 3.8) is 0 Å². The maximum atomic E-state index is 13.4. The van der Waals surface area contributed by atoms with Crippen LogP contribution < -0.4 is 0 Å². The fourth-order valence-electron chi connectivity index (χ4n) is 4.04. The third kappa shape index (κ3) is 5.27. The number of likely N-dealkylation sites (tertiary alicyclic amines) is 1. The van der Waals surface area contributed by atoms with Crippen LogP contribution in [0.25, 0.3) is 22.8 Å². The Morgan fingerprint density at radius 3 is 2.12 bits per heavy atom. The zero-order chi connectivity index (χ0) is 22.8. The number of hydrogen-bond acceptors (Lipinski definition) is 4. The molecule has 33 heavy (non-hydrogen) atoms. The number of benzene rings is 2. The zero-order valence-electron chi connectivity index (χ0n) is 18.3. The topological polar surface area (TPSA) is 60.2 Å². The highest BCUT2D eigenvalue weighted by Crippen LogP contribution is 2.30. The van der Waals surface area contributed by atoms with Gasteiger partial charge in [0.05, 0.1) is 6.10 Å². The lowest BCUT2D eigenvalue weighted by Gasteiger charge is -2.32. The number of ether oxygens (including phenoxy) is 1. The SMILES string of the molecule is O=C(Cn1nc(-c2ccc(F)cc2)nc1-c1ccc(F)cc1)N1CCC(OCC2CC2)CC1. The average molecular weight is 453 g/mol. The number of rotatable bonds is 7. The van der Waals surface area contributed by atoms with Crippen LogP contribution in [-0.4, -0.2) is 51.4 Å². The summed E-state index contributed by atoms with van der Waals surface area (Å²) in [6, 6.07) is 11.8. The van der Waals surface area contributed by atoms with Gasteiger partial charge in [0.25, 0.3) is 0 Å². The second-order valence-corrected chi connectivity index (χ2v) is 8.79. The Morgan fingerprint density at radius 2 is 1.52 bits per heavy atom. The molecule has 0 bridgehead atoms. The first-order chi connectivity index (χ1) is 16.0. The Morgan fingerprint density at radius 1 is 0.909 bits per heavy atom. The molecular weight excluding hydrogens is 426 g/mol. The predicted octanol–water partition coefficient (Wildman–Crippen LogP) is 4.31. The second kappa shape index (κ2) is 9.39. The van der Waals surface area contributed by atoms with Crippen molar-refractivity contribution in [3.8, 4) is 22.8 Å². The first-order valence-electron chi connectivity index (χ1n) is 11.4. The van der Waals surface area contributed by atoms with Crippen molar-refractivity contribution in [2.24, 2.45) is 5.92 Å². The van der Waals surface area contributed by atoms with E-state index in [0.29, 0.717) is 35.9 Å². The van der Waals surface area contributed by atoms with E-state index in [4.69, 9.17) is 4.74 Å². The molecular formula is C25H26F2N4O2. The van der Waals surface area contributed by atoms with Gasteiger partial charge in [-0.05, 0) is 80.1 Å². The summed E-state index contributed by atoms with van der Waals surface area (Å²) in [5.41, 5.74) is 1.29. The number of halogens is 2. The quantitative estimate of drug-likeness (QED) is 0.536. The molecule has 0 spiro atoms. The fraction of sp³-hybridized carbons (Fsp3) is 0.400. The Bertz CT molecular complexity index is 1100. The molecule has 5 rings (SSSR count). The summed E-state index contributed by atoms with van der Waals surface area (Å²) in [7, 11) is 0. The number of nitrogens with zero attached hydrogens (tertiary/aromatic N) is 4. The van der Waals surface area contributed by atoms with Gasteiger partial charge >= 0.3 is 0 Å². The third-order valence-corrected chi connectivity index (χ3v) is 6.22. The smallest absolute Gasteiger partial charge is 0.244 e. The minimum absolute atomic E-state index is 0.0223. The zero-order valence-corrected chi connectivity index (χ0v) is 18.3. The first kappa shape index (κ1) is 21.7. The Labute approximate surface area is 191 Å². The maximum Gasteiger partial charge on any atom is 0.244 e. The van der Waals surface area contributed by atoms with E-state index >= 15 is 0 Å². The molecule has 172 valence electrons. The van der Waals surface area contributed by atoms with Crippen molar-refractivity contribution in [1.82, 2.24) is 19.7 Å². The highest BCUT2D eigenvalue weighted by Gasteiger charge is 2.27. The summed E-state index contributed by atoms with van der Waals surface area (Å²) in [6.45, 7) is 2.17. The van der Waals surface area contributed by atoms with Crippen LogP contribution in [0.3, 0.4) is 0 Å². The molecule has 0 N–H and O–H groups in total. The van der Waals surface area contributed by atoms with E-state index in [0.717, 1.165) is 25.4 Å². The predicted molar refractivity (Wildman–Crippen MR) is 119 cm³/mol. The van der Waals surface area contributed by atoms with Gasteiger partial charge in [-0.1, -0.05) is 0 Å². The molecule has 1 saturated carbocycles. The van der Waals surface area contributed by atoms with E-state index < -0.39 is 0 Å². The summed E-state index contributed by atoms with van der Waals surface area (Å²) >= 11 is 0. The molecule has 1 aliphatic carbocycles. The van der Waals surface area contributed by atoms with Crippen LogP contribution in [0.1, 0.15) is 25.7 Å². The Hall–Kier alpha value is -3.13. The normalized spacial score (nSPS) is 16.8. The minimum atomic E-state index is -0.355. The van der Waals surface area contributed by atoms with Crippen molar-refractivity contribution in [1.29, 1.82) is 0 Å².